The molecule has 15 nitrogen and oxygen atoms in total. The standard InChI is InChI=1S/C8H20O3Si.C8H8O2.C7H9N.2C7H14O.C6H14O2.C5H14OSi.C5H12O.C4H10O2.C3H9N.C3H8.2C2H6/c1-5-8(9)6-11-7-12(3,4)10-2;1-10-8(9)7-5-3-2-4-6-7;1-8-7-5-3-2-4-6-7;2*1-6-4-2-3-5-7(6)8;1-3-6(7)5-8-4-2;1-5-7(3,4)6-2;1-3-5(6)4-2;1-3-4(2)6-5;1-3-4-2;1-3-2;2*1-2/h8-9H,5-7H2,1-4H3;2-6H,1H3;2-6,8H,1H3;2*6-8H,2-5H2,1H3;6-7H,3-5H2,1-2H3;5H2,1-4H3;5-6H,3-4H2,1-2H3;4-5H,3H2,1-2H3;4H,3H2,1-2H3;3H2,1-2H3;2*1-2H3. The zero-order valence-electron chi connectivity index (χ0n) is 59.6. The van der Waals surface area contributed by atoms with E-state index in [0.717, 1.165) is 57.2 Å². The smallest absolute Gasteiger partial charge is 0.337 e. The fraction of sp³-hybridized carbons (Fsp3) is 0.806. The van der Waals surface area contributed by atoms with Gasteiger partial charge in [0, 0.05) is 33.6 Å². The normalized spacial score (nSPS) is 16.3. The molecule has 0 aromatic heterocycles. The SMILES string of the molecule is CC.CC.CC1CCCCC1O.CC1CCCCC1O.CCC.CCC(C)OO.CCC(O)CC.CCC(O)COC[Si](C)(C)OC.CCNC.CCOCC(O)CC.CC[Si](C)(C)OC.CNc1ccccc1.COC(=O)c1ccccc1. The van der Waals surface area contributed by atoms with Crippen LogP contribution in [0.25, 0.3) is 0 Å². The summed E-state index contributed by atoms with van der Waals surface area (Å²) in [5.41, 5.74) is 1.75. The van der Waals surface area contributed by atoms with Gasteiger partial charge in [-0.15, -0.1) is 0 Å². The van der Waals surface area contributed by atoms with Crippen molar-refractivity contribution < 1.29 is 63.5 Å². The maximum absolute atomic E-state index is 10.8. The summed E-state index contributed by atoms with van der Waals surface area (Å²) in [5.74, 6) is 0.827. The van der Waals surface area contributed by atoms with Crippen LogP contribution in [0.1, 0.15) is 218 Å². The van der Waals surface area contributed by atoms with E-state index in [0.29, 0.717) is 43.5 Å². The van der Waals surface area contributed by atoms with Crippen molar-refractivity contribution in [3.63, 3.8) is 0 Å². The third kappa shape index (κ3) is 83.9. The number of ether oxygens (including phenoxy) is 3. The van der Waals surface area contributed by atoms with Crippen LogP contribution in [0.5, 0.6) is 0 Å². The first kappa shape index (κ1) is 101. The van der Waals surface area contributed by atoms with E-state index in [4.69, 9.17) is 33.8 Å². The van der Waals surface area contributed by atoms with Crippen molar-refractivity contribution in [1.82, 2.24) is 5.32 Å². The number of aliphatic hydroxyl groups is 5. The van der Waals surface area contributed by atoms with Gasteiger partial charge in [-0.25, -0.2) is 9.68 Å². The molecular weight excluding hydrogens is 1100 g/mol. The number of esters is 1. The van der Waals surface area contributed by atoms with Gasteiger partial charge in [0.2, 0.25) is 8.32 Å². The minimum atomic E-state index is -1.59. The molecule has 2 aromatic rings. The van der Waals surface area contributed by atoms with Crippen molar-refractivity contribution in [3.8, 4) is 0 Å². The molecule has 7 atom stereocenters. The summed E-state index contributed by atoms with van der Waals surface area (Å²) in [4.78, 5) is 14.7. The molecule has 2 aromatic carbocycles. The molecule has 2 fully saturated rings. The Hall–Kier alpha value is -2.34. The van der Waals surface area contributed by atoms with Crippen LogP contribution in [0.15, 0.2) is 60.7 Å². The number of aliphatic hydroxyl groups excluding tert-OH is 5. The fourth-order valence-electron chi connectivity index (χ4n) is 5.39. The van der Waals surface area contributed by atoms with Gasteiger partial charge in [0.1, 0.15) is 0 Å². The summed E-state index contributed by atoms with van der Waals surface area (Å²) in [6.07, 6.45) is 15.0. The van der Waals surface area contributed by atoms with Gasteiger partial charge in [-0.1, -0.05) is 172 Å². The van der Waals surface area contributed by atoms with E-state index in [1.54, 1.807) is 45.4 Å². The van der Waals surface area contributed by atoms with Crippen LogP contribution in [0, 0.1) is 11.8 Å². The molecule has 0 spiro atoms. The lowest BCUT2D eigenvalue weighted by Crippen LogP contribution is -2.36. The molecule has 0 heterocycles. The van der Waals surface area contributed by atoms with Gasteiger partial charge in [-0.05, 0) is 154 Å². The fourth-order valence-corrected chi connectivity index (χ4v) is 6.40. The van der Waals surface area contributed by atoms with E-state index in [1.807, 2.05) is 120 Å². The van der Waals surface area contributed by atoms with Crippen LogP contribution in [-0.2, 0) is 28.0 Å². The molecule has 8 N–H and O–H groups in total. The quantitative estimate of drug-likeness (QED) is 0.0284. The first-order valence-corrected chi connectivity index (χ1v) is 38.5. The molecule has 2 saturated carbocycles. The molecule has 2 aliphatic carbocycles. The Morgan fingerprint density at radius 1 is 0.583 bits per heavy atom. The van der Waals surface area contributed by atoms with Gasteiger partial charge < -0.3 is 59.2 Å². The number of para-hydroxylation sites is 1. The summed E-state index contributed by atoms with van der Waals surface area (Å²) < 4.78 is 25.3. The van der Waals surface area contributed by atoms with Gasteiger partial charge in [-0.3, -0.25) is 5.26 Å². The highest BCUT2D eigenvalue weighted by atomic mass is 28.4. The van der Waals surface area contributed by atoms with E-state index in [2.05, 4.69) is 88.0 Å². The summed E-state index contributed by atoms with van der Waals surface area (Å²) in [7, 11) is 5.99. The Kier molecular flexibility index (Phi) is 94.3. The van der Waals surface area contributed by atoms with Crippen molar-refractivity contribution in [2.75, 3.05) is 73.3 Å². The number of carbonyl (C=O) groups excluding carboxylic acids is 1. The minimum Gasteiger partial charge on any atom is -0.465 e. The van der Waals surface area contributed by atoms with E-state index in [1.165, 1.54) is 58.1 Å². The highest BCUT2D eigenvalue weighted by molar-refractivity contribution is 6.71. The van der Waals surface area contributed by atoms with E-state index in [9.17, 15) is 20.1 Å². The van der Waals surface area contributed by atoms with Crippen LogP contribution < -0.4 is 10.6 Å². The molecule has 4 rings (SSSR count). The lowest BCUT2D eigenvalue weighted by molar-refractivity contribution is -0.274. The van der Waals surface area contributed by atoms with Crippen molar-refractivity contribution in [2.24, 2.45) is 11.8 Å². The molecule has 0 saturated heterocycles. The zero-order valence-corrected chi connectivity index (χ0v) is 61.6. The molecule has 508 valence electrons. The average molecular weight is 1240 g/mol. The molecule has 2 aliphatic rings. The Morgan fingerprint density at radius 2 is 0.940 bits per heavy atom. The maximum atomic E-state index is 10.8. The van der Waals surface area contributed by atoms with Gasteiger partial charge in [-0.2, -0.15) is 0 Å². The van der Waals surface area contributed by atoms with Gasteiger partial charge >= 0.3 is 5.97 Å². The van der Waals surface area contributed by atoms with E-state index < -0.39 is 16.6 Å². The van der Waals surface area contributed by atoms with Crippen LogP contribution in [-0.4, -0.2) is 158 Å². The number of anilines is 1. The van der Waals surface area contributed by atoms with Crippen molar-refractivity contribution in [3.05, 3.63) is 66.2 Å². The highest BCUT2D eigenvalue weighted by Gasteiger charge is 2.21. The minimum absolute atomic E-state index is 0.00347. The van der Waals surface area contributed by atoms with Crippen LogP contribution in [0.2, 0.25) is 32.2 Å². The third-order valence-corrected chi connectivity index (χ3v) is 17.4. The van der Waals surface area contributed by atoms with Crippen molar-refractivity contribution in [2.45, 2.75) is 276 Å². The number of benzene rings is 2. The van der Waals surface area contributed by atoms with Crippen LogP contribution >= 0.6 is 0 Å². The number of hydrogen-bond donors (Lipinski definition) is 8. The van der Waals surface area contributed by atoms with E-state index in [-0.39, 0.29) is 42.6 Å². The molecule has 84 heavy (non-hydrogen) atoms. The van der Waals surface area contributed by atoms with E-state index >= 15 is 0 Å². The second-order valence-electron chi connectivity index (χ2n) is 20.9. The summed E-state index contributed by atoms with van der Waals surface area (Å²) >= 11 is 0. The summed E-state index contributed by atoms with van der Waals surface area (Å²) in [6, 6.07) is 20.2. The second kappa shape index (κ2) is 78.7. The number of hydrogen-bond acceptors (Lipinski definition) is 15. The highest BCUT2D eigenvalue weighted by Crippen LogP contribution is 2.24. The number of nitrogens with one attached hydrogen (secondary N) is 2. The van der Waals surface area contributed by atoms with Crippen LogP contribution in [0.4, 0.5) is 5.69 Å². The monoisotopic (exact) mass is 1240 g/mol. The first-order valence-electron chi connectivity index (χ1n) is 32.2. The lowest BCUT2D eigenvalue weighted by Gasteiger charge is -2.23. The number of carbonyl (C=O) groups is 1. The van der Waals surface area contributed by atoms with Gasteiger partial charge in [0.25, 0.3) is 0 Å². The second-order valence-corrected chi connectivity index (χ2v) is 29.8. The molecule has 0 aliphatic heterocycles. The number of rotatable bonds is 19. The largest absolute Gasteiger partial charge is 0.465 e. The number of methoxy groups -OCH3 is 1. The molecule has 7 unspecified atom stereocenters. The van der Waals surface area contributed by atoms with Crippen molar-refractivity contribution in [1.29, 1.82) is 0 Å². The van der Waals surface area contributed by atoms with Crippen LogP contribution in [0.3, 0.4) is 0 Å². The predicted molar refractivity (Wildman–Crippen MR) is 369 cm³/mol. The Bertz CT molecular complexity index is 1390. The Labute approximate surface area is 522 Å². The molecular formula is C67H144N2O13Si2. The van der Waals surface area contributed by atoms with Crippen molar-refractivity contribution >= 4 is 28.3 Å². The van der Waals surface area contributed by atoms with Gasteiger partial charge in [0.15, 0.2) is 8.32 Å². The topological polar surface area (TPSA) is 218 Å². The first-order chi connectivity index (χ1) is 39.8. The average Bonchev–Trinajstić information content (AvgIpc) is 3.54. The zero-order chi connectivity index (χ0) is 67.2. The summed E-state index contributed by atoms with van der Waals surface area (Å²) in [6.45, 7) is 45.5. The van der Waals surface area contributed by atoms with Gasteiger partial charge in [0.05, 0.1) is 68.7 Å². The molecule has 0 bridgehead atoms. The third-order valence-electron chi connectivity index (χ3n) is 12.6. The maximum Gasteiger partial charge on any atom is 0.337 e. The Balaban J connectivity index is -0.000000106. The predicted octanol–water partition coefficient (Wildman–Crippen LogP) is 16.3. The molecule has 0 radical (unpaired) electrons. The lowest BCUT2D eigenvalue weighted by atomic mass is 9.88. The molecule has 0 amide bonds. The molecule has 17 heteroatoms. The Morgan fingerprint density at radius 3 is 1.14 bits per heavy atom. The summed E-state index contributed by atoms with van der Waals surface area (Å²) in [5, 5.41) is 58.9.